The first-order chi connectivity index (χ1) is 13.1. The zero-order valence-corrected chi connectivity index (χ0v) is 16.1. The minimum Gasteiger partial charge on any atom is -0.350 e. The normalized spacial score (nSPS) is 21.3. The van der Waals surface area contributed by atoms with E-state index in [0.717, 1.165) is 37.9 Å². The molecule has 0 radical (unpaired) electrons. The van der Waals surface area contributed by atoms with Crippen molar-refractivity contribution in [3.05, 3.63) is 58.9 Å². The third-order valence-electron chi connectivity index (χ3n) is 6.11. The van der Waals surface area contributed by atoms with Crippen molar-refractivity contribution in [1.82, 2.24) is 14.8 Å². The lowest BCUT2D eigenvalue weighted by molar-refractivity contribution is -0.132. The number of carbonyl (C=O) groups excluding carboxylic acids is 2. The Bertz CT molecular complexity index is 870. The molecule has 2 aromatic rings. The van der Waals surface area contributed by atoms with E-state index in [-0.39, 0.29) is 17.9 Å². The predicted octanol–water partition coefficient (Wildman–Crippen LogP) is 3.17. The maximum absolute atomic E-state index is 12.7. The van der Waals surface area contributed by atoms with E-state index in [1.807, 2.05) is 28.6 Å². The number of carbonyl (C=O) groups is 2. The number of hydrogen-bond acceptors (Lipinski definition) is 2. The largest absolute Gasteiger partial charge is 0.350 e. The van der Waals surface area contributed by atoms with Crippen molar-refractivity contribution in [3.63, 3.8) is 0 Å². The lowest BCUT2D eigenvalue weighted by atomic mass is 9.77. The first-order valence-corrected chi connectivity index (χ1v) is 9.85. The number of amides is 2. The quantitative estimate of drug-likeness (QED) is 0.905. The van der Waals surface area contributed by atoms with E-state index in [4.69, 9.17) is 0 Å². The molecule has 2 amide bonds. The lowest BCUT2D eigenvalue weighted by Crippen LogP contribution is -2.38. The Morgan fingerprint density at radius 2 is 1.96 bits per heavy atom. The van der Waals surface area contributed by atoms with Crippen LogP contribution in [0.3, 0.4) is 0 Å². The van der Waals surface area contributed by atoms with Gasteiger partial charge in [0.05, 0.1) is 6.04 Å². The molecule has 0 unspecified atom stereocenters. The molecule has 1 aliphatic carbocycles. The van der Waals surface area contributed by atoms with Crippen LogP contribution in [0.25, 0.3) is 0 Å². The molecular weight excluding hydrogens is 338 g/mol. The summed E-state index contributed by atoms with van der Waals surface area (Å²) in [6, 6.07) is 12.4. The Balaban J connectivity index is 1.44. The van der Waals surface area contributed by atoms with Crippen molar-refractivity contribution >= 4 is 11.8 Å². The SMILES string of the molecule is CC(=O)N1CCCC[C@H]1c1ccc(C(=O)NC[C@H]2Cc3ccccc32)n1C. The van der Waals surface area contributed by atoms with Gasteiger partial charge in [0.25, 0.3) is 5.91 Å². The van der Waals surface area contributed by atoms with Gasteiger partial charge in [-0.05, 0) is 48.9 Å². The van der Waals surface area contributed by atoms with Gasteiger partial charge in [-0.3, -0.25) is 9.59 Å². The molecule has 0 bridgehead atoms. The molecule has 0 saturated carbocycles. The van der Waals surface area contributed by atoms with Crippen LogP contribution in [-0.2, 0) is 18.3 Å². The average molecular weight is 365 g/mol. The second-order valence-electron chi connectivity index (χ2n) is 7.74. The molecule has 1 aromatic heterocycles. The number of fused-ring (bicyclic) bond motifs is 1. The zero-order valence-electron chi connectivity index (χ0n) is 16.1. The molecule has 1 N–H and O–H groups in total. The molecule has 1 aliphatic heterocycles. The summed E-state index contributed by atoms with van der Waals surface area (Å²) >= 11 is 0. The van der Waals surface area contributed by atoms with E-state index in [2.05, 4.69) is 29.6 Å². The van der Waals surface area contributed by atoms with Gasteiger partial charge in [-0.15, -0.1) is 0 Å². The summed E-state index contributed by atoms with van der Waals surface area (Å²) < 4.78 is 1.95. The molecule has 2 aliphatic rings. The van der Waals surface area contributed by atoms with Gasteiger partial charge in [-0.25, -0.2) is 0 Å². The summed E-state index contributed by atoms with van der Waals surface area (Å²) in [5.74, 6) is 0.477. The molecule has 2 heterocycles. The van der Waals surface area contributed by atoms with E-state index in [1.54, 1.807) is 6.92 Å². The monoisotopic (exact) mass is 365 g/mol. The highest BCUT2D eigenvalue weighted by atomic mass is 16.2. The van der Waals surface area contributed by atoms with Crippen molar-refractivity contribution in [1.29, 1.82) is 0 Å². The van der Waals surface area contributed by atoms with Crippen molar-refractivity contribution in [2.45, 2.75) is 44.6 Å². The fourth-order valence-electron chi connectivity index (χ4n) is 4.56. The number of benzene rings is 1. The second kappa shape index (κ2) is 7.22. The Morgan fingerprint density at radius 3 is 2.74 bits per heavy atom. The van der Waals surface area contributed by atoms with Crippen LogP contribution < -0.4 is 5.32 Å². The van der Waals surface area contributed by atoms with Crippen molar-refractivity contribution < 1.29 is 9.59 Å². The van der Waals surface area contributed by atoms with Crippen LogP contribution >= 0.6 is 0 Å². The van der Waals surface area contributed by atoms with Gasteiger partial charge in [0.2, 0.25) is 5.91 Å². The lowest BCUT2D eigenvalue weighted by Gasteiger charge is -2.35. The van der Waals surface area contributed by atoms with E-state index in [0.29, 0.717) is 18.2 Å². The molecule has 1 fully saturated rings. The van der Waals surface area contributed by atoms with Gasteiger partial charge >= 0.3 is 0 Å². The Labute approximate surface area is 160 Å². The first-order valence-electron chi connectivity index (χ1n) is 9.85. The molecule has 27 heavy (non-hydrogen) atoms. The van der Waals surface area contributed by atoms with E-state index >= 15 is 0 Å². The van der Waals surface area contributed by atoms with Crippen LogP contribution in [0.5, 0.6) is 0 Å². The molecule has 1 saturated heterocycles. The van der Waals surface area contributed by atoms with Crippen LogP contribution in [0.15, 0.2) is 36.4 Å². The van der Waals surface area contributed by atoms with E-state index in [1.165, 1.54) is 11.1 Å². The molecule has 2 atom stereocenters. The standard InChI is InChI=1S/C22H27N3O2/c1-15(26)25-12-6-5-9-20(25)19-10-11-21(24(19)2)22(27)23-14-17-13-16-7-3-4-8-18(16)17/h3-4,7-8,10-11,17,20H,5-6,9,12-14H2,1-2H3,(H,23,27)/t17-,20+/m1/s1. The van der Waals surface area contributed by atoms with Crippen molar-refractivity contribution in [2.75, 3.05) is 13.1 Å². The van der Waals surface area contributed by atoms with Crippen molar-refractivity contribution in [2.24, 2.45) is 7.05 Å². The first kappa shape index (κ1) is 17.8. The molecular formula is C22H27N3O2. The number of nitrogens with zero attached hydrogens (tertiary/aromatic N) is 2. The zero-order chi connectivity index (χ0) is 19.0. The summed E-state index contributed by atoms with van der Waals surface area (Å²) in [4.78, 5) is 26.6. The summed E-state index contributed by atoms with van der Waals surface area (Å²) in [5.41, 5.74) is 4.44. The van der Waals surface area contributed by atoms with Gasteiger partial charge in [0.15, 0.2) is 0 Å². The smallest absolute Gasteiger partial charge is 0.267 e. The van der Waals surface area contributed by atoms with E-state index in [9.17, 15) is 9.59 Å². The van der Waals surface area contributed by atoms with Gasteiger partial charge in [0, 0.05) is 38.7 Å². The van der Waals surface area contributed by atoms with Crippen LogP contribution in [0, 0.1) is 0 Å². The molecule has 142 valence electrons. The Morgan fingerprint density at radius 1 is 1.15 bits per heavy atom. The summed E-state index contributed by atoms with van der Waals surface area (Å²) in [7, 11) is 1.93. The molecule has 4 rings (SSSR count). The molecule has 1 aromatic carbocycles. The third kappa shape index (κ3) is 3.27. The molecule has 5 heteroatoms. The summed E-state index contributed by atoms with van der Waals surface area (Å²) in [5, 5.41) is 3.09. The van der Waals surface area contributed by atoms with Gasteiger partial charge in [-0.1, -0.05) is 24.3 Å². The van der Waals surface area contributed by atoms with E-state index < -0.39 is 0 Å². The number of piperidine rings is 1. The highest BCUT2D eigenvalue weighted by molar-refractivity contribution is 5.93. The molecule has 0 spiro atoms. The van der Waals surface area contributed by atoms with Crippen LogP contribution in [0.4, 0.5) is 0 Å². The third-order valence-corrected chi connectivity index (χ3v) is 6.11. The Hall–Kier alpha value is -2.56. The van der Waals surface area contributed by atoms with Crippen LogP contribution in [0.1, 0.15) is 65.5 Å². The fraction of sp³-hybridized carbons (Fsp3) is 0.455. The van der Waals surface area contributed by atoms with Gasteiger partial charge in [0.1, 0.15) is 5.69 Å². The highest BCUT2D eigenvalue weighted by Gasteiger charge is 2.29. The van der Waals surface area contributed by atoms with Crippen molar-refractivity contribution in [3.8, 4) is 0 Å². The minimum atomic E-state index is -0.0432. The number of rotatable bonds is 4. The maximum Gasteiger partial charge on any atom is 0.267 e. The molecule has 5 nitrogen and oxygen atoms in total. The highest BCUT2D eigenvalue weighted by Crippen LogP contribution is 2.34. The summed E-state index contributed by atoms with van der Waals surface area (Å²) in [6.07, 6.45) is 4.15. The topological polar surface area (TPSA) is 54.3 Å². The van der Waals surface area contributed by atoms with Crippen LogP contribution in [0.2, 0.25) is 0 Å². The van der Waals surface area contributed by atoms with Crippen LogP contribution in [-0.4, -0.2) is 34.4 Å². The second-order valence-corrected chi connectivity index (χ2v) is 7.74. The fourth-order valence-corrected chi connectivity index (χ4v) is 4.56. The Kier molecular flexibility index (Phi) is 4.77. The number of aromatic nitrogens is 1. The van der Waals surface area contributed by atoms with Gasteiger partial charge < -0.3 is 14.8 Å². The maximum atomic E-state index is 12.7. The number of hydrogen-bond donors (Lipinski definition) is 1. The minimum absolute atomic E-state index is 0.0432. The van der Waals surface area contributed by atoms with Gasteiger partial charge in [-0.2, -0.15) is 0 Å². The number of nitrogens with one attached hydrogen (secondary N) is 1. The average Bonchev–Trinajstić information content (AvgIpc) is 3.03. The summed E-state index contributed by atoms with van der Waals surface area (Å²) in [6.45, 7) is 3.10. The number of likely N-dealkylation sites (tertiary alicyclic amines) is 1. The predicted molar refractivity (Wildman–Crippen MR) is 105 cm³/mol.